The van der Waals surface area contributed by atoms with Crippen LogP contribution in [0.2, 0.25) is 0 Å². The Labute approximate surface area is 332 Å². The van der Waals surface area contributed by atoms with Crippen LogP contribution < -0.4 is 0 Å². The summed E-state index contributed by atoms with van der Waals surface area (Å²) < 4.78 is 26.4. The number of hydrogen-bond donors (Lipinski definition) is 2. The molecule has 0 amide bonds. The Hall–Kier alpha value is -1.47. The molecule has 9 heteroatoms. The van der Waals surface area contributed by atoms with Crippen molar-refractivity contribution >= 4 is 19.8 Å². The summed E-state index contributed by atoms with van der Waals surface area (Å²) in [5.74, 6) is -0.882. The predicted octanol–water partition coefficient (Wildman–Crippen LogP) is 14.0. The molecule has 8 nitrogen and oxygen atoms in total. The third-order valence-corrected chi connectivity index (χ3v) is 10.5. The molecule has 0 radical (unpaired) electrons. The molecule has 1 atom stereocenters. The molecule has 0 aromatic carbocycles. The molecule has 2 N–H and O–H groups in total. The van der Waals surface area contributed by atoms with Crippen LogP contribution in [0.3, 0.4) is 0 Å². The predicted molar refractivity (Wildman–Crippen MR) is 225 cm³/mol. The minimum atomic E-state index is -4.75. The van der Waals surface area contributed by atoms with Crippen molar-refractivity contribution < 1.29 is 37.9 Å². The summed E-state index contributed by atoms with van der Waals surface area (Å²) in [6.07, 6.45) is 47.5. The van der Waals surface area contributed by atoms with Crippen molar-refractivity contribution in [1.29, 1.82) is 0 Å². The lowest BCUT2D eigenvalue weighted by Gasteiger charge is -2.18. The van der Waals surface area contributed by atoms with Crippen LogP contribution in [0.5, 0.6) is 0 Å². The molecule has 0 fully saturated rings. The fourth-order valence-electron chi connectivity index (χ4n) is 6.58. The number of rotatable bonds is 42. The third-order valence-electron chi connectivity index (χ3n) is 9.97. The Bertz CT molecular complexity index is 931. The van der Waals surface area contributed by atoms with Gasteiger partial charge in [0.25, 0.3) is 0 Å². The zero-order valence-corrected chi connectivity index (χ0v) is 36.0. The first-order chi connectivity index (χ1) is 26.3. The van der Waals surface area contributed by atoms with Crippen molar-refractivity contribution in [3.63, 3.8) is 0 Å². The molecular formula is C45H85O8P. The maximum absolute atomic E-state index is 12.4. The minimum Gasteiger partial charge on any atom is -0.462 e. The van der Waals surface area contributed by atoms with Crippen molar-refractivity contribution in [3.8, 4) is 0 Å². The number of phosphoric acid groups is 1. The van der Waals surface area contributed by atoms with Crippen LogP contribution in [0.25, 0.3) is 0 Å². The Morgan fingerprint density at radius 2 is 0.833 bits per heavy atom. The van der Waals surface area contributed by atoms with E-state index in [2.05, 4.69) is 42.7 Å². The van der Waals surface area contributed by atoms with E-state index in [4.69, 9.17) is 19.3 Å². The van der Waals surface area contributed by atoms with Gasteiger partial charge in [0.1, 0.15) is 6.61 Å². The molecule has 0 aliphatic rings. The Kier molecular flexibility index (Phi) is 40.1. The third kappa shape index (κ3) is 43.3. The van der Waals surface area contributed by atoms with Gasteiger partial charge in [0.2, 0.25) is 0 Å². The molecule has 0 heterocycles. The molecular weight excluding hydrogens is 699 g/mol. The van der Waals surface area contributed by atoms with Crippen LogP contribution in [0.1, 0.15) is 232 Å². The van der Waals surface area contributed by atoms with E-state index in [1.54, 1.807) is 0 Å². The van der Waals surface area contributed by atoms with Crippen molar-refractivity contribution in [3.05, 3.63) is 24.3 Å². The number of allylic oxidation sites excluding steroid dienone is 4. The number of carbonyl (C=O) groups excluding carboxylic acids is 2. The van der Waals surface area contributed by atoms with Crippen LogP contribution in [-0.4, -0.2) is 41.0 Å². The second-order valence-corrected chi connectivity index (χ2v) is 16.6. The number of carbonyl (C=O) groups is 2. The molecule has 0 saturated heterocycles. The van der Waals surface area contributed by atoms with Gasteiger partial charge in [0.15, 0.2) is 6.10 Å². The largest absolute Gasteiger partial charge is 0.469 e. The van der Waals surface area contributed by atoms with E-state index in [0.29, 0.717) is 6.42 Å². The zero-order chi connectivity index (χ0) is 39.6. The van der Waals surface area contributed by atoms with Gasteiger partial charge < -0.3 is 19.3 Å². The van der Waals surface area contributed by atoms with E-state index in [1.807, 2.05) is 0 Å². The minimum absolute atomic E-state index is 0.206. The summed E-state index contributed by atoms with van der Waals surface area (Å²) in [5, 5.41) is 0. The van der Waals surface area contributed by atoms with Gasteiger partial charge in [-0.15, -0.1) is 0 Å². The lowest BCUT2D eigenvalue weighted by molar-refractivity contribution is -0.161. The zero-order valence-electron chi connectivity index (χ0n) is 35.1. The maximum Gasteiger partial charge on any atom is 0.469 e. The average molecular weight is 785 g/mol. The van der Waals surface area contributed by atoms with Gasteiger partial charge in [0.05, 0.1) is 6.61 Å². The average Bonchev–Trinajstić information content (AvgIpc) is 3.14. The lowest BCUT2D eigenvalue weighted by Crippen LogP contribution is -2.29. The molecule has 0 aliphatic heterocycles. The Balaban J connectivity index is 3.85. The van der Waals surface area contributed by atoms with E-state index >= 15 is 0 Å². The molecule has 0 spiro atoms. The van der Waals surface area contributed by atoms with Crippen molar-refractivity contribution in [1.82, 2.24) is 0 Å². The molecule has 0 unspecified atom stereocenters. The number of phosphoric ester groups is 1. The highest BCUT2D eigenvalue weighted by atomic mass is 31.2. The number of ether oxygens (including phenoxy) is 2. The van der Waals surface area contributed by atoms with Gasteiger partial charge in [-0.3, -0.25) is 14.1 Å². The Morgan fingerprint density at radius 1 is 0.481 bits per heavy atom. The van der Waals surface area contributed by atoms with Crippen molar-refractivity contribution in [2.75, 3.05) is 13.2 Å². The molecule has 0 aromatic rings. The van der Waals surface area contributed by atoms with Gasteiger partial charge >= 0.3 is 19.8 Å². The smallest absolute Gasteiger partial charge is 0.462 e. The summed E-state index contributed by atoms with van der Waals surface area (Å²) in [4.78, 5) is 42.9. The monoisotopic (exact) mass is 785 g/mol. The number of hydrogen-bond acceptors (Lipinski definition) is 6. The SMILES string of the molecule is CCCCC/C=C\C/C=C\CCCCCCCCCC(=O)O[C@H](COC(=O)CCCCCCCCCCCCCCCCCCCCC)COP(=O)(O)O. The van der Waals surface area contributed by atoms with Crippen molar-refractivity contribution in [2.24, 2.45) is 0 Å². The molecule has 54 heavy (non-hydrogen) atoms. The standard InChI is InChI=1S/C45H85O8P/c1-3-5-7-9-11-13-15-17-19-21-22-24-25-27-29-31-33-35-37-39-44(46)51-41-43(42-52-54(48,49)50)53-45(47)40-38-36-34-32-30-28-26-23-20-18-16-14-12-10-8-6-4-2/h12,14,18,20,43H,3-11,13,15-17,19,21-42H2,1-2H3,(H2,48,49,50)/b14-12-,20-18-/t43-/m1/s1. The quantitative estimate of drug-likeness (QED) is 0.0272. The molecule has 0 rings (SSSR count). The van der Waals surface area contributed by atoms with E-state index in [9.17, 15) is 14.2 Å². The first-order valence-electron chi connectivity index (χ1n) is 22.6. The maximum atomic E-state index is 12.4. The number of unbranched alkanes of at least 4 members (excludes halogenated alkanes) is 28. The Morgan fingerprint density at radius 3 is 1.26 bits per heavy atom. The van der Waals surface area contributed by atoms with Crippen LogP contribution in [0, 0.1) is 0 Å². The van der Waals surface area contributed by atoms with Gasteiger partial charge in [0, 0.05) is 12.8 Å². The van der Waals surface area contributed by atoms with Gasteiger partial charge in [-0.05, 0) is 44.9 Å². The highest BCUT2D eigenvalue weighted by Crippen LogP contribution is 2.36. The summed E-state index contributed by atoms with van der Waals surface area (Å²) in [7, 11) is -4.75. The second-order valence-electron chi connectivity index (χ2n) is 15.4. The highest BCUT2D eigenvalue weighted by molar-refractivity contribution is 7.46. The van der Waals surface area contributed by atoms with Gasteiger partial charge in [-0.25, -0.2) is 4.57 Å². The molecule has 0 bridgehead atoms. The lowest BCUT2D eigenvalue weighted by atomic mass is 10.0. The fraction of sp³-hybridized carbons (Fsp3) is 0.867. The summed E-state index contributed by atoms with van der Waals surface area (Å²) >= 11 is 0. The summed E-state index contributed by atoms with van der Waals surface area (Å²) in [5.41, 5.74) is 0. The summed E-state index contributed by atoms with van der Waals surface area (Å²) in [6.45, 7) is 3.68. The first kappa shape index (κ1) is 52.5. The van der Waals surface area contributed by atoms with Gasteiger partial charge in [-0.2, -0.15) is 0 Å². The van der Waals surface area contributed by atoms with Crippen LogP contribution in [-0.2, 0) is 28.2 Å². The van der Waals surface area contributed by atoms with E-state index in [-0.39, 0.29) is 19.4 Å². The number of esters is 2. The summed E-state index contributed by atoms with van der Waals surface area (Å²) in [6, 6.07) is 0. The van der Waals surface area contributed by atoms with Gasteiger partial charge in [-0.1, -0.05) is 199 Å². The second kappa shape index (κ2) is 41.2. The fourth-order valence-corrected chi connectivity index (χ4v) is 6.94. The highest BCUT2D eigenvalue weighted by Gasteiger charge is 2.23. The van der Waals surface area contributed by atoms with Crippen LogP contribution in [0.4, 0.5) is 0 Å². The van der Waals surface area contributed by atoms with Crippen molar-refractivity contribution in [2.45, 2.75) is 238 Å². The molecule has 318 valence electrons. The molecule has 0 aromatic heterocycles. The first-order valence-corrected chi connectivity index (χ1v) is 24.2. The molecule has 0 aliphatic carbocycles. The normalized spacial score (nSPS) is 12.6. The van der Waals surface area contributed by atoms with Crippen LogP contribution >= 0.6 is 7.82 Å². The van der Waals surface area contributed by atoms with E-state index < -0.39 is 32.5 Å². The molecule has 0 saturated carbocycles. The van der Waals surface area contributed by atoms with E-state index in [0.717, 1.165) is 51.4 Å². The topological polar surface area (TPSA) is 119 Å². The van der Waals surface area contributed by atoms with E-state index in [1.165, 1.54) is 148 Å². The van der Waals surface area contributed by atoms with Crippen LogP contribution in [0.15, 0.2) is 24.3 Å².